The van der Waals surface area contributed by atoms with Crippen LogP contribution in [-0.4, -0.2) is 12.5 Å². The first-order chi connectivity index (χ1) is 12.1. The van der Waals surface area contributed by atoms with Gasteiger partial charge in [-0.3, -0.25) is 4.79 Å². The van der Waals surface area contributed by atoms with Crippen molar-refractivity contribution in [3.05, 3.63) is 70.4 Å². The number of hydrogen-bond acceptors (Lipinski definition) is 3. The summed E-state index contributed by atoms with van der Waals surface area (Å²) in [4.78, 5) is 12.3. The largest absolute Gasteiger partial charge is 0.494 e. The number of ether oxygens (including phenoxy) is 1. The number of nitrogens with one attached hydrogen (secondary N) is 1. The number of hydrogen-bond donors (Lipinski definition) is 1. The van der Waals surface area contributed by atoms with E-state index >= 15 is 0 Å². The minimum atomic E-state index is -0.353. The zero-order chi connectivity index (χ0) is 17.8. The number of furan rings is 1. The van der Waals surface area contributed by atoms with E-state index in [0.29, 0.717) is 33.7 Å². The normalized spacial score (nSPS) is 10.5. The maximum Gasteiger partial charge on any atom is 0.291 e. The summed E-state index contributed by atoms with van der Waals surface area (Å²) in [7, 11) is 0. The number of halogens is 2. The quantitative estimate of drug-likeness (QED) is 0.603. The highest BCUT2D eigenvalue weighted by molar-refractivity contribution is 6.43. The molecule has 128 valence electrons. The topological polar surface area (TPSA) is 51.5 Å². The van der Waals surface area contributed by atoms with Crippen molar-refractivity contribution in [1.29, 1.82) is 0 Å². The lowest BCUT2D eigenvalue weighted by atomic mass is 10.2. The Hall–Kier alpha value is -2.43. The molecule has 0 atom stereocenters. The fraction of sp³-hybridized carbons (Fsp3) is 0.105. The Balaban J connectivity index is 1.75. The first-order valence-corrected chi connectivity index (χ1v) is 8.42. The molecule has 1 heterocycles. The van der Waals surface area contributed by atoms with Crippen molar-refractivity contribution < 1.29 is 13.9 Å². The van der Waals surface area contributed by atoms with E-state index in [0.717, 1.165) is 5.75 Å². The summed E-state index contributed by atoms with van der Waals surface area (Å²) in [5, 5.41) is 3.58. The van der Waals surface area contributed by atoms with Crippen molar-refractivity contribution in [2.24, 2.45) is 0 Å². The van der Waals surface area contributed by atoms with E-state index in [4.69, 9.17) is 32.4 Å². The second-order valence-corrected chi connectivity index (χ2v) is 5.96. The molecule has 0 saturated carbocycles. The lowest BCUT2D eigenvalue weighted by Crippen LogP contribution is -2.10. The molecule has 0 aliphatic rings. The lowest BCUT2D eigenvalue weighted by Gasteiger charge is -2.06. The first kappa shape index (κ1) is 17.4. The molecule has 0 bridgehead atoms. The number of anilines is 1. The molecule has 3 aromatic rings. The van der Waals surface area contributed by atoms with Gasteiger partial charge in [0.05, 0.1) is 16.7 Å². The molecular formula is C19H15Cl2NO3. The van der Waals surface area contributed by atoms with Crippen molar-refractivity contribution >= 4 is 34.8 Å². The van der Waals surface area contributed by atoms with Gasteiger partial charge in [0, 0.05) is 11.3 Å². The summed E-state index contributed by atoms with van der Waals surface area (Å²) >= 11 is 12.2. The molecule has 3 rings (SSSR count). The van der Waals surface area contributed by atoms with Gasteiger partial charge < -0.3 is 14.5 Å². The number of benzene rings is 2. The van der Waals surface area contributed by atoms with Crippen molar-refractivity contribution in [2.75, 3.05) is 11.9 Å². The second kappa shape index (κ2) is 7.64. The van der Waals surface area contributed by atoms with Crippen LogP contribution in [0.15, 0.2) is 59.0 Å². The maximum atomic E-state index is 12.3. The van der Waals surface area contributed by atoms with Gasteiger partial charge in [-0.25, -0.2) is 0 Å². The average Bonchev–Trinajstić information content (AvgIpc) is 3.09. The van der Waals surface area contributed by atoms with Crippen LogP contribution in [0, 0.1) is 0 Å². The Morgan fingerprint density at radius 3 is 2.56 bits per heavy atom. The Morgan fingerprint density at radius 2 is 1.84 bits per heavy atom. The van der Waals surface area contributed by atoms with Gasteiger partial charge in [0.2, 0.25) is 0 Å². The van der Waals surface area contributed by atoms with Crippen LogP contribution in [-0.2, 0) is 0 Å². The highest BCUT2D eigenvalue weighted by atomic mass is 35.5. The van der Waals surface area contributed by atoms with E-state index < -0.39 is 0 Å². The summed E-state index contributed by atoms with van der Waals surface area (Å²) in [6.45, 7) is 2.50. The van der Waals surface area contributed by atoms with Gasteiger partial charge in [-0.1, -0.05) is 29.3 Å². The molecule has 0 unspecified atom stereocenters. The molecule has 25 heavy (non-hydrogen) atoms. The fourth-order valence-corrected chi connectivity index (χ4v) is 2.69. The van der Waals surface area contributed by atoms with Crippen molar-refractivity contribution in [2.45, 2.75) is 6.92 Å². The van der Waals surface area contributed by atoms with Crippen LogP contribution in [0.5, 0.6) is 5.75 Å². The predicted molar refractivity (Wildman–Crippen MR) is 99.7 cm³/mol. The minimum Gasteiger partial charge on any atom is -0.494 e. The zero-order valence-corrected chi connectivity index (χ0v) is 14.9. The number of rotatable bonds is 5. The number of carbonyl (C=O) groups is 1. The van der Waals surface area contributed by atoms with Crippen LogP contribution >= 0.6 is 23.2 Å². The average molecular weight is 376 g/mol. The molecule has 2 aromatic carbocycles. The summed E-state index contributed by atoms with van der Waals surface area (Å²) in [5.74, 6) is 1.05. The van der Waals surface area contributed by atoms with Gasteiger partial charge in [-0.2, -0.15) is 0 Å². The van der Waals surface area contributed by atoms with Gasteiger partial charge in [-0.15, -0.1) is 0 Å². The summed E-state index contributed by atoms with van der Waals surface area (Å²) in [6, 6.07) is 15.6. The molecule has 1 amide bonds. The molecular weight excluding hydrogens is 361 g/mol. The second-order valence-electron chi connectivity index (χ2n) is 5.18. The van der Waals surface area contributed by atoms with Crippen LogP contribution < -0.4 is 10.1 Å². The highest BCUT2D eigenvalue weighted by Crippen LogP contribution is 2.34. The fourth-order valence-electron chi connectivity index (χ4n) is 2.29. The SMILES string of the molecule is CCOc1ccc(NC(=O)c2ccc(-c3cccc(Cl)c3Cl)o2)cc1. The van der Waals surface area contributed by atoms with Gasteiger partial charge in [0.25, 0.3) is 5.91 Å². The molecule has 1 N–H and O–H groups in total. The summed E-state index contributed by atoms with van der Waals surface area (Å²) in [6.07, 6.45) is 0. The Kier molecular flexibility index (Phi) is 5.31. The zero-order valence-electron chi connectivity index (χ0n) is 13.4. The van der Waals surface area contributed by atoms with Gasteiger partial charge >= 0.3 is 0 Å². The van der Waals surface area contributed by atoms with E-state index in [1.54, 1.807) is 54.6 Å². The third kappa shape index (κ3) is 3.98. The van der Waals surface area contributed by atoms with Crippen LogP contribution in [0.2, 0.25) is 10.0 Å². The van der Waals surface area contributed by atoms with E-state index in [1.807, 2.05) is 6.92 Å². The van der Waals surface area contributed by atoms with Crippen LogP contribution in [0.3, 0.4) is 0 Å². The monoisotopic (exact) mass is 375 g/mol. The van der Waals surface area contributed by atoms with E-state index in [2.05, 4.69) is 5.32 Å². The van der Waals surface area contributed by atoms with Gasteiger partial charge in [0.1, 0.15) is 11.5 Å². The van der Waals surface area contributed by atoms with Gasteiger partial charge in [-0.05, 0) is 55.5 Å². The van der Waals surface area contributed by atoms with E-state index in [1.165, 1.54) is 0 Å². The predicted octanol–water partition coefficient (Wildman–Crippen LogP) is 5.90. The van der Waals surface area contributed by atoms with Gasteiger partial charge in [0.15, 0.2) is 5.76 Å². The van der Waals surface area contributed by atoms with Crippen LogP contribution in [0.1, 0.15) is 17.5 Å². The minimum absolute atomic E-state index is 0.180. The van der Waals surface area contributed by atoms with Crippen molar-refractivity contribution in [3.63, 3.8) is 0 Å². The summed E-state index contributed by atoms with van der Waals surface area (Å²) in [5.41, 5.74) is 1.28. The smallest absolute Gasteiger partial charge is 0.291 e. The standard InChI is InChI=1S/C19H15Cl2NO3/c1-2-24-13-8-6-12(7-9-13)22-19(23)17-11-10-16(25-17)14-4-3-5-15(20)18(14)21/h3-11H,2H2,1H3,(H,22,23). The Morgan fingerprint density at radius 1 is 1.08 bits per heavy atom. The van der Waals surface area contributed by atoms with Crippen LogP contribution in [0.4, 0.5) is 5.69 Å². The van der Waals surface area contributed by atoms with Crippen molar-refractivity contribution in [1.82, 2.24) is 0 Å². The molecule has 4 nitrogen and oxygen atoms in total. The molecule has 0 spiro atoms. The van der Waals surface area contributed by atoms with Crippen molar-refractivity contribution in [3.8, 4) is 17.1 Å². The first-order valence-electron chi connectivity index (χ1n) is 7.67. The van der Waals surface area contributed by atoms with Crippen LogP contribution in [0.25, 0.3) is 11.3 Å². The Labute approximate surface area is 155 Å². The molecule has 0 aliphatic heterocycles. The molecule has 6 heteroatoms. The molecule has 0 fully saturated rings. The Bertz CT molecular complexity index is 888. The molecule has 0 radical (unpaired) electrons. The lowest BCUT2D eigenvalue weighted by molar-refractivity contribution is 0.0997. The third-order valence-electron chi connectivity index (χ3n) is 3.47. The number of amides is 1. The molecule has 0 saturated heterocycles. The van der Waals surface area contributed by atoms with E-state index in [-0.39, 0.29) is 11.7 Å². The third-order valence-corrected chi connectivity index (χ3v) is 4.29. The molecule has 0 aliphatic carbocycles. The maximum absolute atomic E-state index is 12.3. The number of carbonyl (C=O) groups excluding carboxylic acids is 1. The summed E-state index contributed by atoms with van der Waals surface area (Å²) < 4.78 is 11.0. The highest BCUT2D eigenvalue weighted by Gasteiger charge is 2.15. The van der Waals surface area contributed by atoms with E-state index in [9.17, 15) is 4.79 Å². The molecule has 1 aromatic heterocycles.